The van der Waals surface area contributed by atoms with Crippen molar-refractivity contribution in [3.05, 3.63) is 18.3 Å². The summed E-state index contributed by atoms with van der Waals surface area (Å²) in [5, 5.41) is 0. The second-order valence-corrected chi connectivity index (χ2v) is 4.27. The van der Waals surface area contributed by atoms with E-state index in [2.05, 4.69) is 9.88 Å². The average molecular weight is 195 g/mol. The minimum atomic E-state index is 0.593. The van der Waals surface area contributed by atoms with Crippen LogP contribution in [-0.2, 0) is 0 Å². The molecule has 1 aliphatic rings. The van der Waals surface area contributed by atoms with Crippen LogP contribution in [0.3, 0.4) is 0 Å². The molecule has 0 radical (unpaired) electrons. The van der Waals surface area contributed by atoms with Crippen LogP contribution in [0.1, 0.15) is 0 Å². The van der Waals surface area contributed by atoms with Gasteiger partial charge in [0.05, 0.1) is 11.9 Å². The lowest BCUT2D eigenvalue weighted by Crippen LogP contribution is -2.32. The zero-order valence-corrected chi connectivity index (χ0v) is 8.26. The van der Waals surface area contributed by atoms with Crippen molar-refractivity contribution in [1.82, 2.24) is 4.98 Å². The standard InChI is InChI=1S/C9H13N3S/c10-9-2-1-8(7-11-9)12-3-5-13-6-4-12/h1-2,7H,3-6H2,(H2,10,11). The third kappa shape index (κ3) is 2.06. The molecule has 0 saturated carbocycles. The lowest BCUT2D eigenvalue weighted by Gasteiger charge is -2.28. The number of nitrogens with two attached hydrogens (primary N) is 1. The Hall–Kier alpha value is -0.900. The summed E-state index contributed by atoms with van der Waals surface area (Å²) in [4.78, 5) is 6.43. The van der Waals surface area contributed by atoms with Crippen molar-refractivity contribution >= 4 is 23.3 Å². The zero-order chi connectivity index (χ0) is 9.10. The van der Waals surface area contributed by atoms with Gasteiger partial charge in [0.2, 0.25) is 0 Å². The number of hydrogen-bond acceptors (Lipinski definition) is 4. The van der Waals surface area contributed by atoms with Gasteiger partial charge >= 0.3 is 0 Å². The number of thioether (sulfide) groups is 1. The Labute approximate surface area is 82.3 Å². The summed E-state index contributed by atoms with van der Waals surface area (Å²) < 4.78 is 0. The van der Waals surface area contributed by atoms with E-state index in [1.165, 1.54) is 17.2 Å². The van der Waals surface area contributed by atoms with E-state index < -0.39 is 0 Å². The van der Waals surface area contributed by atoms with Crippen LogP contribution in [0, 0.1) is 0 Å². The molecule has 2 heterocycles. The molecule has 3 nitrogen and oxygen atoms in total. The van der Waals surface area contributed by atoms with Crippen molar-refractivity contribution in [3.63, 3.8) is 0 Å². The highest BCUT2D eigenvalue weighted by Crippen LogP contribution is 2.18. The molecule has 1 aliphatic heterocycles. The molecule has 2 N–H and O–H groups in total. The van der Waals surface area contributed by atoms with Crippen molar-refractivity contribution in [2.24, 2.45) is 0 Å². The van der Waals surface area contributed by atoms with Crippen LogP contribution in [0.5, 0.6) is 0 Å². The topological polar surface area (TPSA) is 42.1 Å². The number of hydrogen-bond donors (Lipinski definition) is 1. The van der Waals surface area contributed by atoms with Crippen molar-refractivity contribution in [2.45, 2.75) is 0 Å². The first kappa shape index (κ1) is 8.69. The van der Waals surface area contributed by atoms with Gasteiger partial charge in [-0.15, -0.1) is 0 Å². The van der Waals surface area contributed by atoms with E-state index in [1.807, 2.05) is 30.1 Å². The van der Waals surface area contributed by atoms with Gasteiger partial charge in [-0.2, -0.15) is 11.8 Å². The molecule has 0 atom stereocenters. The SMILES string of the molecule is Nc1ccc(N2CCSCC2)cn1. The number of pyridine rings is 1. The molecule has 70 valence electrons. The summed E-state index contributed by atoms with van der Waals surface area (Å²) in [6.45, 7) is 2.24. The average Bonchev–Trinajstić information content (AvgIpc) is 2.20. The minimum Gasteiger partial charge on any atom is -0.384 e. The lowest BCUT2D eigenvalue weighted by atomic mass is 10.3. The highest BCUT2D eigenvalue weighted by Gasteiger charge is 2.10. The van der Waals surface area contributed by atoms with E-state index in [0.29, 0.717) is 5.82 Å². The number of rotatable bonds is 1. The fraction of sp³-hybridized carbons (Fsp3) is 0.444. The predicted molar refractivity (Wildman–Crippen MR) is 58.2 cm³/mol. The van der Waals surface area contributed by atoms with Crippen molar-refractivity contribution in [3.8, 4) is 0 Å². The molecule has 0 unspecified atom stereocenters. The fourth-order valence-corrected chi connectivity index (χ4v) is 2.31. The summed E-state index contributed by atoms with van der Waals surface area (Å²) >= 11 is 2.01. The molecule has 0 bridgehead atoms. The Balaban J connectivity index is 2.10. The van der Waals surface area contributed by atoms with Crippen LogP contribution in [-0.4, -0.2) is 29.6 Å². The van der Waals surface area contributed by atoms with Gasteiger partial charge in [-0.1, -0.05) is 0 Å². The van der Waals surface area contributed by atoms with Gasteiger partial charge in [-0.25, -0.2) is 4.98 Å². The van der Waals surface area contributed by atoms with Crippen LogP contribution in [0.2, 0.25) is 0 Å². The van der Waals surface area contributed by atoms with Crippen LogP contribution in [0.25, 0.3) is 0 Å². The van der Waals surface area contributed by atoms with Gasteiger partial charge in [0.25, 0.3) is 0 Å². The smallest absolute Gasteiger partial charge is 0.123 e. The maximum absolute atomic E-state index is 5.52. The molecule has 0 amide bonds. The molecule has 4 heteroatoms. The van der Waals surface area contributed by atoms with Crippen LogP contribution >= 0.6 is 11.8 Å². The number of aromatic nitrogens is 1. The molecule has 2 rings (SSSR count). The van der Waals surface area contributed by atoms with Gasteiger partial charge in [0, 0.05) is 24.6 Å². The van der Waals surface area contributed by atoms with E-state index in [-0.39, 0.29) is 0 Å². The normalized spacial score (nSPS) is 17.4. The minimum absolute atomic E-state index is 0.593. The van der Waals surface area contributed by atoms with Crippen LogP contribution in [0.4, 0.5) is 11.5 Å². The Morgan fingerprint density at radius 3 is 2.69 bits per heavy atom. The first-order chi connectivity index (χ1) is 6.36. The number of nitrogens with zero attached hydrogens (tertiary/aromatic N) is 2. The highest BCUT2D eigenvalue weighted by molar-refractivity contribution is 7.99. The zero-order valence-electron chi connectivity index (χ0n) is 7.44. The molecular formula is C9H13N3S. The van der Waals surface area contributed by atoms with Gasteiger partial charge in [0.15, 0.2) is 0 Å². The quantitative estimate of drug-likeness (QED) is 0.731. The van der Waals surface area contributed by atoms with Crippen LogP contribution < -0.4 is 10.6 Å². The maximum Gasteiger partial charge on any atom is 0.123 e. The summed E-state index contributed by atoms with van der Waals surface area (Å²) in [5.74, 6) is 3.02. The third-order valence-corrected chi connectivity index (χ3v) is 3.09. The van der Waals surface area contributed by atoms with Crippen molar-refractivity contribution in [2.75, 3.05) is 35.2 Å². The Bertz CT molecular complexity index is 267. The summed E-state index contributed by atoms with van der Waals surface area (Å²) in [7, 11) is 0. The summed E-state index contributed by atoms with van der Waals surface area (Å²) in [6.07, 6.45) is 1.85. The van der Waals surface area contributed by atoms with E-state index in [9.17, 15) is 0 Å². The monoisotopic (exact) mass is 195 g/mol. The molecule has 1 saturated heterocycles. The van der Waals surface area contributed by atoms with Gasteiger partial charge in [-0.3, -0.25) is 0 Å². The van der Waals surface area contributed by atoms with E-state index >= 15 is 0 Å². The molecule has 1 fully saturated rings. The molecule has 1 aromatic rings. The number of anilines is 2. The molecule has 0 aromatic carbocycles. The van der Waals surface area contributed by atoms with Crippen LogP contribution in [0.15, 0.2) is 18.3 Å². The molecule has 1 aromatic heterocycles. The van der Waals surface area contributed by atoms with E-state index in [4.69, 9.17) is 5.73 Å². The largest absolute Gasteiger partial charge is 0.384 e. The first-order valence-electron chi connectivity index (χ1n) is 4.40. The second-order valence-electron chi connectivity index (χ2n) is 3.04. The summed E-state index contributed by atoms with van der Waals surface area (Å²) in [6, 6.07) is 3.90. The molecular weight excluding hydrogens is 182 g/mol. The summed E-state index contributed by atoms with van der Waals surface area (Å²) in [5.41, 5.74) is 6.71. The second kappa shape index (κ2) is 3.87. The third-order valence-electron chi connectivity index (χ3n) is 2.15. The molecule has 13 heavy (non-hydrogen) atoms. The maximum atomic E-state index is 5.52. The fourth-order valence-electron chi connectivity index (χ4n) is 1.41. The van der Waals surface area contributed by atoms with Gasteiger partial charge in [-0.05, 0) is 12.1 Å². The Kier molecular flexibility index (Phi) is 2.59. The molecule has 0 spiro atoms. The highest BCUT2D eigenvalue weighted by atomic mass is 32.2. The van der Waals surface area contributed by atoms with Crippen molar-refractivity contribution < 1.29 is 0 Å². The lowest BCUT2D eigenvalue weighted by molar-refractivity contribution is 0.855. The molecule has 0 aliphatic carbocycles. The Morgan fingerprint density at radius 2 is 2.08 bits per heavy atom. The first-order valence-corrected chi connectivity index (χ1v) is 5.56. The Morgan fingerprint density at radius 1 is 1.31 bits per heavy atom. The van der Waals surface area contributed by atoms with Crippen molar-refractivity contribution in [1.29, 1.82) is 0 Å². The number of nitrogen functional groups attached to an aromatic ring is 1. The predicted octanol–water partition coefficient (Wildman–Crippen LogP) is 1.22. The van der Waals surface area contributed by atoms with Gasteiger partial charge in [0.1, 0.15) is 5.82 Å². The van der Waals surface area contributed by atoms with E-state index in [1.54, 1.807) is 0 Å². The van der Waals surface area contributed by atoms with E-state index in [0.717, 1.165) is 13.1 Å². The van der Waals surface area contributed by atoms with Gasteiger partial charge < -0.3 is 10.6 Å².